The smallest absolute Gasteiger partial charge is 0.416 e. The van der Waals surface area contributed by atoms with Crippen LogP contribution in [0.5, 0.6) is 17.6 Å². The molecule has 2 aromatic carbocycles. The van der Waals surface area contributed by atoms with Crippen LogP contribution in [0.15, 0.2) is 60.8 Å². The lowest BCUT2D eigenvalue weighted by atomic mass is 10.2. The second kappa shape index (κ2) is 9.00. The lowest BCUT2D eigenvalue weighted by Gasteiger charge is -2.19. The number of hydrogen-bond acceptors (Lipinski definition) is 7. The van der Waals surface area contributed by atoms with E-state index < -0.39 is 17.3 Å². The van der Waals surface area contributed by atoms with Crippen molar-refractivity contribution >= 4 is 11.6 Å². The molecule has 4 aromatic rings. The lowest BCUT2D eigenvalue weighted by molar-refractivity contribution is -0.137. The van der Waals surface area contributed by atoms with Gasteiger partial charge in [0.2, 0.25) is 11.8 Å². The number of halogens is 3. The van der Waals surface area contributed by atoms with Gasteiger partial charge in [-0.05, 0) is 63.2 Å². The highest BCUT2D eigenvalue weighted by Gasteiger charge is 2.30. The molecule has 2 N–H and O–H groups in total. The Morgan fingerprint density at radius 3 is 2.41 bits per heavy atom. The Balaban J connectivity index is 1.43. The summed E-state index contributed by atoms with van der Waals surface area (Å²) in [4.78, 5) is 11.3. The summed E-state index contributed by atoms with van der Waals surface area (Å²) in [6.07, 6.45) is -2.88. The number of aromatic nitrogens is 5. The van der Waals surface area contributed by atoms with Crippen LogP contribution >= 0.6 is 0 Å². The maximum atomic E-state index is 12.9. The summed E-state index contributed by atoms with van der Waals surface area (Å²) in [5, 5.41) is 10.8. The molecule has 0 aliphatic rings. The predicted molar refractivity (Wildman–Crippen MR) is 119 cm³/mol. The van der Waals surface area contributed by atoms with Gasteiger partial charge in [0.05, 0.1) is 5.56 Å². The number of anilines is 2. The average Bonchev–Trinajstić information content (AvgIpc) is 3.21. The SMILES string of the molecule is CC(C)(C)Oc1nccc(Oc2ccc(-c3nnc(Nc4cccc(C(F)(F)F)c4)[nH]3)cc2)n1. The third-order valence-corrected chi connectivity index (χ3v) is 4.30. The topological polar surface area (TPSA) is 97.8 Å². The van der Waals surface area contributed by atoms with Crippen molar-refractivity contribution < 1.29 is 22.6 Å². The first-order chi connectivity index (χ1) is 16.0. The Morgan fingerprint density at radius 1 is 0.941 bits per heavy atom. The second-order valence-electron chi connectivity index (χ2n) is 8.24. The molecule has 0 amide bonds. The van der Waals surface area contributed by atoms with Gasteiger partial charge in [0.1, 0.15) is 11.4 Å². The highest BCUT2D eigenvalue weighted by molar-refractivity contribution is 5.60. The van der Waals surface area contributed by atoms with E-state index in [-0.39, 0.29) is 17.6 Å². The molecule has 0 spiro atoms. The Morgan fingerprint density at radius 2 is 1.71 bits per heavy atom. The van der Waals surface area contributed by atoms with E-state index in [0.29, 0.717) is 23.0 Å². The van der Waals surface area contributed by atoms with Gasteiger partial charge in [-0.2, -0.15) is 18.2 Å². The molecule has 0 fully saturated rings. The average molecular weight is 470 g/mol. The molecule has 8 nitrogen and oxygen atoms in total. The molecule has 11 heteroatoms. The monoisotopic (exact) mass is 470 g/mol. The third kappa shape index (κ3) is 6.00. The molecule has 4 rings (SSSR count). The van der Waals surface area contributed by atoms with E-state index in [2.05, 4.69) is 30.5 Å². The van der Waals surface area contributed by atoms with Crippen LogP contribution in [-0.4, -0.2) is 30.8 Å². The van der Waals surface area contributed by atoms with Crippen molar-refractivity contribution in [2.45, 2.75) is 32.5 Å². The van der Waals surface area contributed by atoms with Crippen LogP contribution in [0.2, 0.25) is 0 Å². The van der Waals surface area contributed by atoms with Gasteiger partial charge < -0.3 is 19.8 Å². The van der Waals surface area contributed by atoms with Gasteiger partial charge in [0.25, 0.3) is 0 Å². The zero-order valence-corrected chi connectivity index (χ0v) is 18.5. The molecule has 0 unspecified atom stereocenters. The Kier molecular flexibility index (Phi) is 6.10. The molecular formula is C23H21F3N6O2. The first kappa shape index (κ1) is 23.0. The Bertz CT molecular complexity index is 1270. The molecule has 2 aromatic heterocycles. The van der Waals surface area contributed by atoms with Gasteiger partial charge in [-0.3, -0.25) is 0 Å². The van der Waals surface area contributed by atoms with E-state index >= 15 is 0 Å². The molecule has 0 atom stereocenters. The number of benzene rings is 2. The van der Waals surface area contributed by atoms with Crippen molar-refractivity contribution in [3.8, 4) is 29.0 Å². The van der Waals surface area contributed by atoms with Gasteiger partial charge in [-0.1, -0.05) is 6.07 Å². The molecule has 0 radical (unpaired) electrons. The maximum absolute atomic E-state index is 12.9. The summed E-state index contributed by atoms with van der Waals surface area (Å²) in [6.45, 7) is 5.69. The van der Waals surface area contributed by atoms with Crippen LogP contribution in [-0.2, 0) is 6.18 Å². The summed E-state index contributed by atoms with van der Waals surface area (Å²) < 4.78 is 50.1. The number of rotatable bonds is 6. The van der Waals surface area contributed by atoms with Gasteiger partial charge >= 0.3 is 12.2 Å². The van der Waals surface area contributed by atoms with E-state index in [4.69, 9.17) is 9.47 Å². The summed E-state index contributed by atoms with van der Waals surface area (Å²) in [6, 6.07) is 13.6. The van der Waals surface area contributed by atoms with E-state index in [1.807, 2.05) is 20.8 Å². The van der Waals surface area contributed by atoms with Gasteiger partial charge in [-0.15, -0.1) is 10.2 Å². The summed E-state index contributed by atoms with van der Waals surface area (Å²) in [5.41, 5.74) is -0.252. The molecule has 2 heterocycles. The standard InChI is InChI=1S/C23H21F3N6O2/c1-22(2,3)34-21-27-12-11-18(29-21)33-17-9-7-14(8-10-17)19-30-20(32-31-19)28-16-6-4-5-15(13-16)23(24,25)26/h4-13H,1-3H3,(H2,28,30,31,32). The molecule has 0 aliphatic carbocycles. The molecule has 0 bridgehead atoms. The Hall–Kier alpha value is -4.15. The van der Waals surface area contributed by atoms with Crippen molar-refractivity contribution in [1.82, 2.24) is 25.1 Å². The van der Waals surface area contributed by atoms with E-state index in [9.17, 15) is 13.2 Å². The maximum Gasteiger partial charge on any atom is 0.416 e. The minimum absolute atomic E-state index is 0.210. The zero-order valence-electron chi connectivity index (χ0n) is 18.5. The fourth-order valence-corrected chi connectivity index (χ4v) is 2.86. The number of aromatic amines is 1. The Labute approximate surface area is 193 Å². The first-order valence-electron chi connectivity index (χ1n) is 10.2. The van der Waals surface area contributed by atoms with Crippen LogP contribution in [0, 0.1) is 0 Å². The van der Waals surface area contributed by atoms with Crippen LogP contribution < -0.4 is 14.8 Å². The quantitative estimate of drug-likeness (QED) is 0.357. The zero-order chi connectivity index (χ0) is 24.3. The summed E-state index contributed by atoms with van der Waals surface area (Å²) >= 11 is 0. The van der Waals surface area contributed by atoms with E-state index in [1.54, 1.807) is 36.5 Å². The van der Waals surface area contributed by atoms with Crippen molar-refractivity contribution in [1.29, 1.82) is 0 Å². The van der Waals surface area contributed by atoms with E-state index in [1.165, 1.54) is 12.1 Å². The van der Waals surface area contributed by atoms with Crippen LogP contribution in [0.3, 0.4) is 0 Å². The fraction of sp³-hybridized carbons (Fsp3) is 0.217. The minimum Gasteiger partial charge on any atom is -0.458 e. The molecule has 0 aliphatic heterocycles. The number of H-pyrrole nitrogens is 1. The van der Waals surface area contributed by atoms with Crippen molar-refractivity contribution in [3.05, 3.63) is 66.4 Å². The highest BCUT2D eigenvalue weighted by atomic mass is 19.4. The normalized spacial score (nSPS) is 11.8. The third-order valence-electron chi connectivity index (χ3n) is 4.30. The summed E-state index contributed by atoms with van der Waals surface area (Å²) in [7, 11) is 0. The first-order valence-corrected chi connectivity index (χ1v) is 10.2. The highest BCUT2D eigenvalue weighted by Crippen LogP contribution is 2.31. The van der Waals surface area contributed by atoms with Crippen molar-refractivity contribution in [2.75, 3.05) is 5.32 Å². The number of hydrogen-bond donors (Lipinski definition) is 2. The summed E-state index contributed by atoms with van der Waals surface area (Å²) in [5.74, 6) is 1.51. The molecule has 34 heavy (non-hydrogen) atoms. The fourth-order valence-electron chi connectivity index (χ4n) is 2.86. The number of nitrogens with one attached hydrogen (secondary N) is 2. The minimum atomic E-state index is -4.43. The van der Waals surface area contributed by atoms with Crippen molar-refractivity contribution in [3.63, 3.8) is 0 Å². The molecule has 176 valence electrons. The van der Waals surface area contributed by atoms with Crippen LogP contribution in [0.4, 0.5) is 24.8 Å². The predicted octanol–water partition coefficient (Wildman–Crippen LogP) is 5.99. The lowest BCUT2D eigenvalue weighted by Crippen LogP contribution is -2.24. The van der Waals surface area contributed by atoms with Crippen LogP contribution in [0.25, 0.3) is 11.4 Å². The van der Waals surface area contributed by atoms with Gasteiger partial charge in [0.15, 0.2) is 5.82 Å². The molecule has 0 saturated heterocycles. The number of alkyl halides is 3. The largest absolute Gasteiger partial charge is 0.458 e. The van der Waals surface area contributed by atoms with Crippen LogP contribution in [0.1, 0.15) is 26.3 Å². The van der Waals surface area contributed by atoms with Gasteiger partial charge in [-0.25, -0.2) is 4.98 Å². The molecular weight excluding hydrogens is 449 g/mol. The number of nitrogens with zero attached hydrogens (tertiary/aromatic N) is 4. The van der Waals surface area contributed by atoms with Gasteiger partial charge in [0, 0.05) is 23.5 Å². The molecule has 0 saturated carbocycles. The second-order valence-corrected chi connectivity index (χ2v) is 8.24. The number of ether oxygens (including phenoxy) is 2. The van der Waals surface area contributed by atoms with E-state index in [0.717, 1.165) is 12.1 Å². The van der Waals surface area contributed by atoms with Crippen molar-refractivity contribution in [2.24, 2.45) is 0 Å².